The lowest BCUT2D eigenvalue weighted by atomic mass is 9.91. The number of rotatable bonds is 28. The van der Waals surface area contributed by atoms with Crippen LogP contribution in [0.4, 0.5) is 5.69 Å². The van der Waals surface area contributed by atoms with Crippen LogP contribution in [0.25, 0.3) is 0 Å². The Hall–Kier alpha value is -7.83. The molecule has 0 saturated carbocycles. The summed E-state index contributed by atoms with van der Waals surface area (Å²) < 4.78 is 40.0. The molecule has 4 aromatic rings. The van der Waals surface area contributed by atoms with Crippen LogP contribution in [0.5, 0.6) is 34.5 Å². The van der Waals surface area contributed by atoms with Crippen LogP contribution >= 0.6 is 0 Å². The predicted octanol–water partition coefficient (Wildman–Crippen LogP) is 7.87. The average Bonchev–Trinajstić information content (AvgIpc) is 3.77. The number of carbonyl (C=O) groups excluding carboxylic acids is 7. The van der Waals surface area contributed by atoms with Gasteiger partial charge in [-0.3, -0.25) is 39.0 Å². The van der Waals surface area contributed by atoms with Crippen LogP contribution in [0.3, 0.4) is 0 Å². The first-order valence-corrected chi connectivity index (χ1v) is 26.9. The highest BCUT2D eigenvalue weighted by Gasteiger charge is 2.46. The van der Waals surface area contributed by atoms with E-state index in [4.69, 9.17) is 33.2 Å². The summed E-state index contributed by atoms with van der Waals surface area (Å²) in [6.07, 6.45) is 8.33. The number of nitrogens with one attached hydrogen (secondary N) is 3. The Bertz CT molecular complexity index is 2760. The van der Waals surface area contributed by atoms with Crippen LogP contribution in [0.2, 0.25) is 0 Å². The van der Waals surface area contributed by atoms with E-state index in [1.807, 2.05) is 37.3 Å². The van der Waals surface area contributed by atoms with Gasteiger partial charge in [-0.15, -0.1) is 0 Å². The molecular weight excluding hydrogens is 1000 g/mol. The molecule has 2 saturated heterocycles. The molecule has 4 atom stereocenters. The number of imide groups is 2. The van der Waals surface area contributed by atoms with E-state index in [1.165, 1.54) is 21.3 Å². The van der Waals surface area contributed by atoms with Gasteiger partial charge in [-0.1, -0.05) is 56.9 Å². The molecule has 78 heavy (non-hydrogen) atoms. The summed E-state index contributed by atoms with van der Waals surface area (Å²) in [5.74, 6) is -0.687. The molecule has 0 bridgehead atoms. The summed E-state index contributed by atoms with van der Waals surface area (Å²) >= 11 is 0. The maximum Gasteiger partial charge on any atom is 0.329 e. The lowest BCUT2D eigenvalue weighted by Gasteiger charge is -2.37. The van der Waals surface area contributed by atoms with E-state index >= 15 is 0 Å². The first-order valence-electron chi connectivity index (χ1n) is 26.9. The molecule has 4 aromatic carbocycles. The van der Waals surface area contributed by atoms with Crippen LogP contribution in [-0.4, -0.2) is 125 Å². The van der Waals surface area contributed by atoms with Crippen LogP contribution in [0.1, 0.15) is 140 Å². The standard InChI is InChI=1S/C59H73N5O14/c1-7-41(39-34-49(74-4)54(76-6)50(35-39)75-5)56(68)63-32-15-12-19-45(63)59(71)78-46(27-20-37-21-28-47(72-2)48(33-37)73-3)38-22-24-40(25-23-38)77-36-52(66)61-31-14-11-9-8-10-13-30-60-43-18-16-17-42-53(43)58(70)64(57(42)69)44-26-29-51(65)62-55(44)67/h16-18,21-25,28,33-35,41,44-46,60H,7-15,19-20,26-27,29-32,36H2,1-6H3,(H,61,66)(H,62,65,67)/t41-,44?,45-,46+/m0/s1. The molecule has 0 radical (unpaired) electrons. The van der Waals surface area contributed by atoms with Crippen molar-refractivity contribution in [2.75, 3.05) is 67.1 Å². The van der Waals surface area contributed by atoms with Gasteiger partial charge in [-0.05, 0) is 123 Å². The largest absolute Gasteiger partial charge is 0.493 e. The van der Waals surface area contributed by atoms with Gasteiger partial charge in [0.25, 0.3) is 17.7 Å². The number of benzene rings is 4. The van der Waals surface area contributed by atoms with Gasteiger partial charge in [0.05, 0.1) is 52.6 Å². The van der Waals surface area contributed by atoms with Crippen LogP contribution < -0.4 is 44.4 Å². The Morgan fingerprint density at radius 2 is 1.41 bits per heavy atom. The van der Waals surface area contributed by atoms with E-state index in [0.29, 0.717) is 91.1 Å². The normalized spacial score (nSPS) is 16.8. The highest BCUT2D eigenvalue weighted by atomic mass is 16.5. The first-order chi connectivity index (χ1) is 37.8. The van der Waals surface area contributed by atoms with Gasteiger partial charge in [0, 0.05) is 31.7 Å². The van der Waals surface area contributed by atoms with Crippen molar-refractivity contribution in [1.82, 2.24) is 20.4 Å². The second-order valence-electron chi connectivity index (χ2n) is 19.5. The Kier molecular flexibility index (Phi) is 20.8. The number of amides is 6. The molecule has 6 amide bonds. The number of methoxy groups -OCH3 is 5. The number of hydrogen-bond acceptors (Lipinski definition) is 15. The molecule has 1 unspecified atom stereocenters. The fourth-order valence-corrected chi connectivity index (χ4v) is 10.4. The molecule has 7 rings (SSSR count). The summed E-state index contributed by atoms with van der Waals surface area (Å²) in [5.41, 5.74) is 3.39. The number of ether oxygens (including phenoxy) is 7. The number of carbonyl (C=O) groups is 7. The smallest absolute Gasteiger partial charge is 0.329 e. The van der Waals surface area contributed by atoms with Crippen molar-refractivity contribution in [2.45, 2.75) is 121 Å². The summed E-state index contributed by atoms with van der Waals surface area (Å²) in [7, 11) is 7.74. The molecule has 3 aliphatic heterocycles. The van der Waals surface area contributed by atoms with Gasteiger partial charge in [0.1, 0.15) is 23.9 Å². The van der Waals surface area contributed by atoms with Gasteiger partial charge < -0.3 is 48.7 Å². The summed E-state index contributed by atoms with van der Waals surface area (Å²) in [5, 5.41) is 8.44. The van der Waals surface area contributed by atoms with Crippen molar-refractivity contribution >= 4 is 47.1 Å². The fraction of sp³-hybridized carbons (Fsp3) is 0.475. The number of piperidine rings is 2. The molecule has 0 spiro atoms. The molecule has 418 valence electrons. The maximum absolute atomic E-state index is 14.5. The number of hydrogen-bond donors (Lipinski definition) is 3. The molecule has 0 aromatic heterocycles. The van der Waals surface area contributed by atoms with Crippen molar-refractivity contribution in [1.29, 1.82) is 0 Å². The fourth-order valence-electron chi connectivity index (χ4n) is 10.4. The number of fused-ring (bicyclic) bond motifs is 1. The number of aryl methyl sites for hydroxylation is 1. The van der Waals surface area contributed by atoms with Crippen molar-refractivity contribution in [2.24, 2.45) is 0 Å². The van der Waals surface area contributed by atoms with Crippen molar-refractivity contribution in [3.05, 3.63) is 101 Å². The van der Waals surface area contributed by atoms with E-state index in [-0.39, 0.29) is 42.4 Å². The third-order valence-corrected chi connectivity index (χ3v) is 14.6. The molecule has 2 fully saturated rings. The summed E-state index contributed by atoms with van der Waals surface area (Å²) in [4.78, 5) is 94.9. The minimum Gasteiger partial charge on any atom is -0.493 e. The summed E-state index contributed by atoms with van der Waals surface area (Å²) in [6, 6.07) is 19.6. The van der Waals surface area contributed by atoms with Gasteiger partial charge in [-0.2, -0.15) is 0 Å². The second kappa shape index (κ2) is 28.0. The Labute approximate surface area is 455 Å². The highest BCUT2D eigenvalue weighted by Crippen LogP contribution is 2.42. The van der Waals surface area contributed by atoms with E-state index in [2.05, 4.69) is 16.0 Å². The molecule has 3 N–H and O–H groups in total. The lowest BCUT2D eigenvalue weighted by Crippen LogP contribution is -2.54. The molecular formula is C59H73N5O14. The Morgan fingerprint density at radius 1 is 0.718 bits per heavy atom. The highest BCUT2D eigenvalue weighted by molar-refractivity contribution is 6.25. The van der Waals surface area contributed by atoms with Crippen molar-refractivity contribution in [3.8, 4) is 34.5 Å². The average molecular weight is 1080 g/mol. The molecule has 3 heterocycles. The monoisotopic (exact) mass is 1080 g/mol. The maximum atomic E-state index is 14.5. The van der Waals surface area contributed by atoms with Crippen LogP contribution in [-0.2, 0) is 35.1 Å². The second-order valence-corrected chi connectivity index (χ2v) is 19.5. The Morgan fingerprint density at radius 3 is 2.08 bits per heavy atom. The Balaban J connectivity index is 0.874. The number of nitrogens with zero attached hydrogens (tertiary/aromatic N) is 2. The minimum absolute atomic E-state index is 0.0599. The van der Waals surface area contributed by atoms with Crippen molar-refractivity contribution < 1.29 is 66.7 Å². The quantitative estimate of drug-likeness (QED) is 0.0279. The van der Waals surface area contributed by atoms with Gasteiger partial charge in [0.2, 0.25) is 23.5 Å². The van der Waals surface area contributed by atoms with Crippen LogP contribution in [0, 0.1) is 0 Å². The third kappa shape index (κ3) is 14.0. The number of likely N-dealkylation sites (tertiary alicyclic amines) is 1. The minimum atomic E-state index is -1.02. The molecule has 3 aliphatic rings. The third-order valence-electron chi connectivity index (χ3n) is 14.6. The SMILES string of the molecule is CC[C@H](C(=O)N1CCCC[C@H]1C(=O)O[C@H](CCc1ccc(OC)c(OC)c1)c1ccc(OCC(=O)NCCCCCCCCNc2cccc3c2C(=O)N(C2CCC(=O)NC2=O)C3=O)cc1)c1cc(OC)c(OC)c(OC)c1. The molecule has 0 aliphatic carbocycles. The zero-order valence-electron chi connectivity index (χ0n) is 45.6. The van der Waals surface area contributed by atoms with E-state index in [0.717, 1.165) is 67.4 Å². The van der Waals surface area contributed by atoms with Crippen molar-refractivity contribution in [3.63, 3.8) is 0 Å². The number of unbranched alkanes of at least 4 members (excludes halogenated alkanes) is 5. The zero-order valence-corrected chi connectivity index (χ0v) is 45.6. The van der Waals surface area contributed by atoms with Gasteiger partial charge in [-0.25, -0.2) is 4.79 Å². The zero-order chi connectivity index (χ0) is 55.7. The van der Waals surface area contributed by atoms with Gasteiger partial charge >= 0.3 is 5.97 Å². The molecule has 19 heteroatoms. The molecule has 19 nitrogen and oxygen atoms in total. The number of anilines is 1. The summed E-state index contributed by atoms with van der Waals surface area (Å²) in [6.45, 7) is 3.26. The van der Waals surface area contributed by atoms with E-state index in [1.54, 1.807) is 61.6 Å². The number of esters is 1. The topological polar surface area (TPSA) is 227 Å². The van der Waals surface area contributed by atoms with Crippen LogP contribution in [0.15, 0.2) is 72.8 Å². The first kappa shape index (κ1) is 57.9. The lowest BCUT2D eigenvalue weighted by molar-refractivity contribution is -0.162. The van der Waals surface area contributed by atoms with E-state index < -0.39 is 53.7 Å². The van der Waals surface area contributed by atoms with Gasteiger partial charge in [0.15, 0.2) is 29.6 Å². The van der Waals surface area contributed by atoms with E-state index in [9.17, 15) is 33.6 Å². The predicted molar refractivity (Wildman–Crippen MR) is 289 cm³/mol.